The molecule has 0 aliphatic rings. The van der Waals surface area contributed by atoms with Gasteiger partial charge in [-0.05, 0) is 24.6 Å². The topological polar surface area (TPSA) is 93.5 Å². The van der Waals surface area contributed by atoms with Gasteiger partial charge in [0.15, 0.2) is 0 Å². The fourth-order valence-electron chi connectivity index (χ4n) is 1.63. The van der Waals surface area contributed by atoms with E-state index in [2.05, 4.69) is 26.6 Å². The first-order valence-electron chi connectivity index (χ1n) is 6.46. The van der Waals surface area contributed by atoms with Crippen molar-refractivity contribution in [1.82, 2.24) is 10.6 Å². The van der Waals surface area contributed by atoms with Crippen LogP contribution in [0.2, 0.25) is 0 Å². The van der Waals surface area contributed by atoms with Gasteiger partial charge in [-0.1, -0.05) is 28.1 Å². The van der Waals surface area contributed by atoms with Gasteiger partial charge in [0, 0.05) is 18.1 Å². The summed E-state index contributed by atoms with van der Waals surface area (Å²) in [4.78, 5) is 23.6. The van der Waals surface area contributed by atoms with Crippen LogP contribution in [0.5, 0.6) is 0 Å². The highest BCUT2D eigenvalue weighted by Crippen LogP contribution is 2.20. The van der Waals surface area contributed by atoms with Crippen LogP contribution in [0.3, 0.4) is 0 Å². The number of hydrogen-bond donors (Lipinski definition) is 3. The van der Waals surface area contributed by atoms with Crippen LogP contribution in [0.1, 0.15) is 12.5 Å². The van der Waals surface area contributed by atoms with Crippen LogP contribution in [-0.2, 0) is 19.9 Å². The molecule has 1 atom stereocenters. The number of methoxy groups -OCH3 is 1. The minimum absolute atomic E-state index is 0. The highest BCUT2D eigenvalue weighted by atomic mass is 79.9. The number of ether oxygens (including phenoxy) is 1. The van der Waals surface area contributed by atoms with Crippen LogP contribution in [-0.4, -0.2) is 38.6 Å². The van der Waals surface area contributed by atoms with E-state index in [9.17, 15) is 9.59 Å². The first-order chi connectivity index (χ1) is 9.87. The van der Waals surface area contributed by atoms with E-state index in [1.54, 1.807) is 26.2 Å². The van der Waals surface area contributed by atoms with Gasteiger partial charge in [-0.25, -0.2) is 0 Å². The second kappa shape index (κ2) is 9.78. The van der Waals surface area contributed by atoms with Gasteiger partial charge in [-0.2, -0.15) is 0 Å². The Morgan fingerprint density at radius 2 is 1.86 bits per heavy atom. The Morgan fingerprint density at radius 1 is 1.27 bits per heavy atom. The van der Waals surface area contributed by atoms with Gasteiger partial charge < -0.3 is 21.1 Å². The van der Waals surface area contributed by atoms with Gasteiger partial charge in [0.2, 0.25) is 11.8 Å². The molecule has 0 saturated heterocycles. The SMILES string of the molecule is COCCNC(=O)CNC(=O)C(C)(N)c1ccc(Br)cc1.Cl. The molecule has 0 heterocycles. The number of benzene rings is 1. The third-order valence-electron chi connectivity index (χ3n) is 2.95. The van der Waals surface area contributed by atoms with E-state index in [0.717, 1.165) is 4.47 Å². The molecule has 2 amide bonds. The fraction of sp³-hybridized carbons (Fsp3) is 0.429. The van der Waals surface area contributed by atoms with Crippen LogP contribution in [0.4, 0.5) is 0 Å². The smallest absolute Gasteiger partial charge is 0.244 e. The van der Waals surface area contributed by atoms with Crippen molar-refractivity contribution < 1.29 is 14.3 Å². The Bertz CT molecular complexity index is 495. The van der Waals surface area contributed by atoms with E-state index in [4.69, 9.17) is 10.5 Å². The minimum Gasteiger partial charge on any atom is -0.383 e. The lowest BCUT2D eigenvalue weighted by Crippen LogP contribution is -2.51. The molecule has 0 aliphatic heterocycles. The van der Waals surface area contributed by atoms with E-state index in [1.165, 1.54) is 0 Å². The molecule has 1 unspecified atom stereocenters. The molecule has 1 aromatic carbocycles. The van der Waals surface area contributed by atoms with Gasteiger partial charge in [0.05, 0.1) is 13.2 Å². The Balaban J connectivity index is 0.00000441. The molecule has 0 aliphatic carbocycles. The first kappa shape index (κ1) is 20.9. The number of carbonyl (C=O) groups excluding carboxylic acids is 2. The van der Waals surface area contributed by atoms with E-state index >= 15 is 0 Å². The molecule has 8 heteroatoms. The number of amides is 2. The largest absolute Gasteiger partial charge is 0.383 e. The van der Waals surface area contributed by atoms with E-state index in [1.807, 2.05) is 12.1 Å². The Kier molecular flexibility index (Phi) is 9.27. The van der Waals surface area contributed by atoms with E-state index in [-0.39, 0.29) is 24.9 Å². The number of rotatable bonds is 7. The zero-order chi connectivity index (χ0) is 15.9. The molecule has 22 heavy (non-hydrogen) atoms. The van der Waals surface area contributed by atoms with Crippen molar-refractivity contribution in [3.63, 3.8) is 0 Å². The lowest BCUT2D eigenvalue weighted by Gasteiger charge is -2.24. The van der Waals surface area contributed by atoms with Crippen LogP contribution < -0.4 is 16.4 Å². The summed E-state index contributed by atoms with van der Waals surface area (Å²) >= 11 is 3.32. The van der Waals surface area contributed by atoms with Gasteiger partial charge in [-0.3, -0.25) is 9.59 Å². The highest BCUT2D eigenvalue weighted by Gasteiger charge is 2.30. The first-order valence-corrected chi connectivity index (χ1v) is 7.26. The molecule has 0 spiro atoms. The molecule has 1 aromatic rings. The van der Waals surface area contributed by atoms with Crippen molar-refractivity contribution >= 4 is 40.2 Å². The summed E-state index contributed by atoms with van der Waals surface area (Å²) in [5.74, 6) is -0.696. The lowest BCUT2D eigenvalue weighted by atomic mass is 9.92. The average molecular weight is 395 g/mol. The van der Waals surface area contributed by atoms with E-state index < -0.39 is 11.4 Å². The van der Waals surface area contributed by atoms with Gasteiger partial charge >= 0.3 is 0 Å². The molecule has 0 saturated carbocycles. The molecular weight excluding hydrogens is 374 g/mol. The summed E-state index contributed by atoms with van der Waals surface area (Å²) in [6.45, 7) is 2.31. The number of halogens is 2. The van der Waals surface area contributed by atoms with Crippen molar-refractivity contribution in [2.45, 2.75) is 12.5 Å². The van der Waals surface area contributed by atoms with Crippen molar-refractivity contribution in [2.24, 2.45) is 5.73 Å². The molecule has 1 rings (SSSR count). The number of nitrogens with one attached hydrogen (secondary N) is 2. The Labute approximate surface area is 144 Å². The molecule has 0 bridgehead atoms. The quantitative estimate of drug-likeness (QED) is 0.600. The van der Waals surface area contributed by atoms with Crippen molar-refractivity contribution in [3.05, 3.63) is 34.3 Å². The van der Waals surface area contributed by atoms with Crippen molar-refractivity contribution in [1.29, 1.82) is 0 Å². The highest BCUT2D eigenvalue weighted by molar-refractivity contribution is 9.10. The van der Waals surface area contributed by atoms with Crippen LogP contribution in [0, 0.1) is 0 Å². The number of hydrogen-bond acceptors (Lipinski definition) is 4. The second-order valence-electron chi connectivity index (χ2n) is 4.73. The summed E-state index contributed by atoms with van der Waals surface area (Å²) in [6, 6.07) is 7.15. The standard InChI is InChI=1S/C14H20BrN3O3.ClH/c1-14(16,10-3-5-11(15)6-4-10)13(20)18-9-12(19)17-7-8-21-2;/h3-6H,7-9,16H2,1-2H3,(H,17,19)(H,18,20);1H. The predicted octanol–water partition coefficient (Wildman–Crippen LogP) is 0.924. The van der Waals surface area contributed by atoms with Crippen LogP contribution >= 0.6 is 28.3 Å². The zero-order valence-electron chi connectivity index (χ0n) is 12.5. The van der Waals surface area contributed by atoms with E-state index in [0.29, 0.717) is 18.7 Å². The molecule has 6 nitrogen and oxygen atoms in total. The van der Waals surface area contributed by atoms with Crippen LogP contribution in [0.15, 0.2) is 28.7 Å². The minimum atomic E-state index is -1.20. The fourth-order valence-corrected chi connectivity index (χ4v) is 1.89. The predicted molar refractivity (Wildman–Crippen MR) is 90.8 cm³/mol. The number of carbonyl (C=O) groups is 2. The zero-order valence-corrected chi connectivity index (χ0v) is 14.9. The summed E-state index contributed by atoms with van der Waals surface area (Å²) < 4.78 is 5.72. The average Bonchev–Trinajstić information content (AvgIpc) is 2.45. The van der Waals surface area contributed by atoms with Gasteiger partial charge in [0.25, 0.3) is 0 Å². The monoisotopic (exact) mass is 393 g/mol. The molecule has 124 valence electrons. The third-order valence-corrected chi connectivity index (χ3v) is 3.48. The lowest BCUT2D eigenvalue weighted by molar-refractivity contribution is -0.129. The molecular formula is C14H21BrClN3O3. The Morgan fingerprint density at radius 3 is 2.41 bits per heavy atom. The summed E-state index contributed by atoms with van der Waals surface area (Å²) in [6.07, 6.45) is 0. The molecule has 0 fully saturated rings. The maximum Gasteiger partial charge on any atom is 0.244 e. The van der Waals surface area contributed by atoms with Crippen LogP contribution in [0.25, 0.3) is 0 Å². The summed E-state index contributed by atoms with van der Waals surface area (Å²) in [5, 5.41) is 5.15. The van der Waals surface area contributed by atoms with Gasteiger partial charge in [0.1, 0.15) is 5.54 Å². The molecule has 0 aromatic heterocycles. The normalized spacial score (nSPS) is 12.7. The Hall–Kier alpha value is -1.15. The van der Waals surface area contributed by atoms with Crippen molar-refractivity contribution in [2.75, 3.05) is 26.8 Å². The maximum atomic E-state index is 12.1. The number of nitrogens with two attached hydrogens (primary N) is 1. The maximum absolute atomic E-state index is 12.1. The second-order valence-corrected chi connectivity index (χ2v) is 5.65. The van der Waals surface area contributed by atoms with Gasteiger partial charge in [-0.15, -0.1) is 12.4 Å². The molecule has 0 radical (unpaired) electrons. The summed E-state index contributed by atoms with van der Waals surface area (Å²) in [7, 11) is 1.55. The molecule has 4 N–H and O–H groups in total. The summed E-state index contributed by atoms with van der Waals surface area (Å²) in [5.41, 5.74) is 5.53. The third kappa shape index (κ3) is 6.31. The van der Waals surface area contributed by atoms with Crippen molar-refractivity contribution in [3.8, 4) is 0 Å².